The summed E-state index contributed by atoms with van der Waals surface area (Å²) in [7, 11) is 0. The van der Waals surface area contributed by atoms with Crippen molar-refractivity contribution in [2.24, 2.45) is 0 Å². The van der Waals surface area contributed by atoms with Gasteiger partial charge in [0.2, 0.25) is 0 Å². The number of hydrogen-bond acceptors (Lipinski definition) is 0. The van der Waals surface area contributed by atoms with Gasteiger partial charge < -0.3 is 0 Å². The molecule has 0 unspecified atom stereocenters. The lowest BCUT2D eigenvalue weighted by Gasteiger charge is -2.21. The van der Waals surface area contributed by atoms with Crippen molar-refractivity contribution in [1.82, 2.24) is 4.68 Å². The second kappa shape index (κ2) is 6.41. The molecule has 0 amide bonds. The smallest absolute Gasteiger partial charge is 0.147 e. The summed E-state index contributed by atoms with van der Waals surface area (Å²) in [4.78, 5) is 0. The van der Waals surface area contributed by atoms with Crippen molar-refractivity contribution >= 4 is 0 Å². The summed E-state index contributed by atoms with van der Waals surface area (Å²) in [6, 6.07) is 19.0. The summed E-state index contributed by atoms with van der Waals surface area (Å²) in [5, 5.41) is 0. The molecule has 0 aliphatic rings. The van der Waals surface area contributed by atoms with Gasteiger partial charge in [-0.1, -0.05) is 70.2 Å². The maximum absolute atomic E-state index is 3.33. The Morgan fingerprint density at radius 2 is 1.43 bits per heavy atom. The average molecular weight is 304 g/mol. The molecular weight excluding hydrogens is 280 g/mol. The van der Waals surface area contributed by atoms with Crippen LogP contribution in [0.2, 0.25) is 0 Å². The number of hydrogen-bond donors (Lipinski definition) is 0. The van der Waals surface area contributed by atoms with Gasteiger partial charge in [0.05, 0.1) is 5.69 Å². The number of benzene rings is 2. The van der Waals surface area contributed by atoms with E-state index >= 15 is 0 Å². The van der Waals surface area contributed by atoms with Gasteiger partial charge in [-0.2, -0.15) is 9.36 Å². The highest BCUT2D eigenvalue weighted by atomic mass is 15.4. The minimum Gasteiger partial charge on any atom is -0.196 e. The molecular formula is C21H24N2. The number of aromatic nitrogens is 2. The van der Waals surface area contributed by atoms with Crippen molar-refractivity contribution in [3.05, 3.63) is 78.1 Å². The Bertz CT molecular complexity index is 756. The van der Waals surface area contributed by atoms with Crippen LogP contribution in [-0.2, 0) is 0 Å². The van der Waals surface area contributed by atoms with Crippen LogP contribution in [0.5, 0.6) is 0 Å². The van der Waals surface area contributed by atoms with Crippen molar-refractivity contribution in [1.29, 1.82) is 0 Å². The van der Waals surface area contributed by atoms with Gasteiger partial charge in [-0.25, -0.2) is 0 Å². The lowest BCUT2D eigenvalue weighted by Crippen LogP contribution is -2.40. The predicted molar refractivity (Wildman–Crippen MR) is 94.3 cm³/mol. The summed E-state index contributed by atoms with van der Waals surface area (Å²) in [6.07, 6.45) is 5.43. The normalized spacial score (nSPS) is 11.4. The highest BCUT2D eigenvalue weighted by Crippen LogP contribution is 2.30. The maximum atomic E-state index is 3.33. The molecule has 0 bridgehead atoms. The Hall–Kier alpha value is -2.35. The molecule has 2 nitrogen and oxygen atoms in total. The van der Waals surface area contributed by atoms with Crippen LogP contribution in [0.4, 0.5) is 0 Å². The van der Waals surface area contributed by atoms with Gasteiger partial charge in [0.15, 0.2) is 0 Å². The number of para-hydroxylation sites is 2. The largest absolute Gasteiger partial charge is 0.196 e. The molecule has 0 saturated heterocycles. The zero-order chi connectivity index (χ0) is 16.4. The molecule has 0 aliphatic carbocycles. The van der Waals surface area contributed by atoms with Crippen LogP contribution < -0.4 is 4.68 Å². The van der Waals surface area contributed by atoms with Crippen molar-refractivity contribution in [3.63, 3.8) is 0 Å². The third-order valence-electron chi connectivity index (χ3n) is 4.20. The molecule has 0 atom stereocenters. The summed E-state index contributed by atoms with van der Waals surface area (Å²) < 4.78 is 4.31. The van der Waals surface area contributed by atoms with Crippen LogP contribution in [0.1, 0.15) is 50.7 Å². The molecule has 2 aromatic carbocycles. The minimum atomic E-state index is 0.468. The van der Waals surface area contributed by atoms with E-state index in [2.05, 4.69) is 91.9 Å². The van der Waals surface area contributed by atoms with Gasteiger partial charge in [-0.3, -0.25) is 0 Å². The third-order valence-corrected chi connectivity index (χ3v) is 4.20. The topological polar surface area (TPSA) is 8.81 Å². The van der Waals surface area contributed by atoms with E-state index in [1.165, 1.54) is 16.8 Å². The molecule has 0 radical (unpaired) electrons. The van der Waals surface area contributed by atoms with Crippen LogP contribution in [0, 0.1) is 6.20 Å². The standard InChI is InChI=1S/C21H24N2/c1-16(2)19-12-8-13-20(17(3)4)21(19)23-15-9-14-22(23)18-10-6-5-7-11-18/h5-13,15-17H,1-4H3. The van der Waals surface area contributed by atoms with Gasteiger partial charge in [-0.15, -0.1) is 0 Å². The molecule has 2 heteroatoms. The SMILES string of the molecule is CC(C)c1cccc(C(C)C)c1-n1cc[c-][n+]1-c1ccccc1. The first kappa shape index (κ1) is 15.5. The van der Waals surface area contributed by atoms with Gasteiger partial charge in [0, 0.05) is 0 Å². The first-order chi connectivity index (χ1) is 11.1. The maximum Gasteiger partial charge on any atom is 0.147 e. The van der Waals surface area contributed by atoms with E-state index in [4.69, 9.17) is 0 Å². The van der Waals surface area contributed by atoms with Gasteiger partial charge >= 0.3 is 0 Å². The highest BCUT2D eigenvalue weighted by Gasteiger charge is 2.18. The van der Waals surface area contributed by atoms with Gasteiger partial charge in [-0.05, 0) is 41.3 Å². The molecule has 1 heterocycles. The van der Waals surface area contributed by atoms with Crippen LogP contribution in [0.25, 0.3) is 11.4 Å². The first-order valence-corrected chi connectivity index (χ1v) is 8.29. The molecule has 118 valence electrons. The third kappa shape index (κ3) is 2.94. The fourth-order valence-electron chi connectivity index (χ4n) is 3.02. The fraction of sp³-hybridized carbons (Fsp3) is 0.286. The molecule has 3 aromatic rings. The van der Waals surface area contributed by atoms with E-state index < -0.39 is 0 Å². The monoisotopic (exact) mass is 304 g/mol. The molecule has 3 rings (SSSR count). The Kier molecular flexibility index (Phi) is 4.33. The second-order valence-electron chi connectivity index (χ2n) is 6.53. The average Bonchev–Trinajstić information content (AvgIpc) is 3.04. The van der Waals surface area contributed by atoms with Crippen LogP contribution in [0.15, 0.2) is 60.8 Å². The first-order valence-electron chi connectivity index (χ1n) is 8.29. The summed E-state index contributed by atoms with van der Waals surface area (Å²) in [5.74, 6) is 0.936. The van der Waals surface area contributed by atoms with Gasteiger partial charge in [0.1, 0.15) is 11.9 Å². The van der Waals surface area contributed by atoms with Crippen LogP contribution in [-0.4, -0.2) is 4.68 Å². The number of nitrogens with zero attached hydrogens (tertiary/aromatic N) is 2. The zero-order valence-electron chi connectivity index (χ0n) is 14.3. The van der Waals surface area contributed by atoms with E-state index in [9.17, 15) is 0 Å². The molecule has 0 aliphatic heterocycles. The summed E-state index contributed by atoms with van der Waals surface area (Å²) >= 11 is 0. The van der Waals surface area contributed by atoms with E-state index in [0.717, 1.165) is 5.69 Å². The molecule has 23 heavy (non-hydrogen) atoms. The van der Waals surface area contributed by atoms with Crippen LogP contribution in [0.3, 0.4) is 0 Å². The lowest BCUT2D eigenvalue weighted by molar-refractivity contribution is -0.678. The van der Waals surface area contributed by atoms with E-state index in [0.29, 0.717) is 11.8 Å². The Balaban J connectivity index is 2.26. The Morgan fingerprint density at radius 1 is 0.826 bits per heavy atom. The second-order valence-corrected chi connectivity index (χ2v) is 6.53. The fourth-order valence-corrected chi connectivity index (χ4v) is 3.02. The van der Waals surface area contributed by atoms with Crippen molar-refractivity contribution in [2.75, 3.05) is 0 Å². The highest BCUT2D eigenvalue weighted by molar-refractivity contribution is 5.50. The molecule has 1 aromatic heterocycles. The predicted octanol–water partition coefficient (Wildman–Crippen LogP) is 4.80. The van der Waals surface area contributed by atoms with E-state index in [1.54, 1.807) is 0 Å². The quantitative estimate of drug-likeness (QED) is 0.483. The summed E-state index contributed by atoms with van der Waals surface area (Å²) in [6.45, 7) is 9.01. The van der Waals surface area contributed by atoms with Crippen molar-refractivity contribution < 1.29 is 4.68 Å². The van der Waals surface area contributed by atoms with Gasteiger partial charge in [0.25, 0.3) is 0 Å². The molecule has 0 fully saturated rings. The lowest BCUT2D eigenvalue weighted by atomic mass is 9.93. The Morgan fingerprint density at radius 3 is 2.00 bits per heavy atom. The molecule has 0 spiro atoms. The van der Waals surface area contributed by atoms with Crippen molar-refractivity contribution in [2.45, 2.75) is 39.5 Å². The minimum absolute atomic E-state index is 0.468. The van der Waals surface area contributed by atoms with E-state index in [1.807, 2.05) is 12.1 Å². The molecule has 0 N–H and O–H groups in total. The molecule has 0 saturated carbocycles. The number of rotatable bonds is 4. The Labute approximate surface area is 139 Å². The van der Waals surface area contributed by atoms with E-state index in [-0.39, 0.29) is 0 Å². The summed E-state index contributed by atoms with van der Waals surface area (Å²) in [5.41, 5.74) is 5.13. The van der Waals surface area contributed by atoms with Crippen molar-refractivity contribution in [3.8, 4) is 11.4 Å². The zero-order valence-corrected chi connectivity index (χ0v) is 14.3. The van der Waals surface area contributed by atoms with Crippen LogP contribution >= 0.6 is 0 Å².